The van der Waals surface area contributed by atoms with E-state index in [1.54, 1.807) is 0 Å². The minimum atomic E-state index is -0.287. The van der Waals surface area contributed by atoms with Crippen LogP contribution in [-0.2, 0) is 21.3 Å². The fraction of sp³-hybridized carbons (Fsp3) is 0. The quantitative estimate of drug-likeness (QED) is 0.306. The number of hydrogen-bond acceptors (Lipinski definition) is 1. The summed E-state index contributed by atoms with van der Waals surface area (Å²) in [5.74, 6) is 0. The van der Waals surface area contributed by atoms with E-state index < -0.39 is 0 Å². The summed E-state index contributed by atoms with van der Waals surface area (Å²) in [6.07, 6.45) is 1.14. The first kappa shape index (κ1) is 9.59. The van der Waals surface area contributed by atoms with Crippen molar-refractivity contribution in [3.8, 4) is 0 Å². The van der Waals surface area contributed by atoms with Crippen LogP contribution in [0, 0.1) is 0 Å². The molecule has 0 aromatic carbocycles. The van der Waals surface area contributed by atoms with Gasteiger partial charge in [-0.1, -0.05) is 6.58 Å². The van der Waals surface area contributed by atoms with Crippen molar-refractivity contribution < 1.29 is 21.3 Å². The molecule has 0 aliphatic carbocycles. The van der Waals surface area contributed by atoms with E-state index in [1.807, 2.05) is 0 Å². The maximum atomic E-state index is 9.56. The molecule has 1 nitrogen and oxygen atoms in total. The molecule has 36 valence electrons. The normalized spacial score (nSPS) is 5.50. The summed E-state index contributed by atoms with van der Waals surface area (Å²) < 4.78 is 0. The van der Waals surface area contributed by atoms with Crippen LogP contribution in [0.5, 0.6) is 0 Å². The van der Waals surface area contributed by atoms with Crippen molar-refractivity contribution in [2.24, 2.45) is 0 Å². The summed E-state index contributed by atoms with van der Waals surface area (Å²) in [5.41, 5.74) is -0.287. The molecular formula is C3H3NiOP. The van der Waals surface area contributed by atoms with Crippen LogP contribution < -0.4 is 0 Å². The van der Waals surface area contributed by atoms with Crippen LogP contribution in [0.15, 0.2) is 12.7 Å². The second-order valence-corrected chi connectivity index (χ2v) is 0.983. The van der Waals surface area contributed by atoms with E-state index in [0.717, 1.165) is 6.08 Å². The molecule has 0 bridgehead atoms. The zero-order chi connectivity index (χ0) is 4.28. The fourth-order valence-corrected chi connectivity index (χ4v) is 0. The van der Waals surface area contributed by atoms with E-state index in [2.05, 4.69) is 15.8 Å². The Morgan fingerprint density at radius 1 is 1.83 bits per heavy atom. The molecular weight excluding hydrogens is 142 g/mol. The molecule has 0 aliphatic rings. The summed E-state index contributed by atoms with van der Waals surface area (Å²) in [7, 11) is 3.34. The van der Waals surface area contributed by atoms with Crippen LogP contribution in [0.3, 0.4) is 0 Å². The van der Waals surface area contributed by atoms with Gasteiger partial charge < -0.3 is 0 Å². The van der Waals surface area contributed by atoms with Gasteiger partial charge in [-0.2, -0.15) is 0 Å². The van der Waals surface area contributed by atoms with Gasteiger partial charge in [-0.05, 0) is 6.08 Å². The Kier molecular flexibility index (Phi) is 8.53. The minimum Gasteiger partial charge on any atom is -0.289 e. The zero-order valence-corrected chi connectivity index (χ0v) is 4.84. The molecule has 0 fully saturated rings. The van der Waals surface area contributed by atoms with Crippen molar-refractivity contribution >= 4 is 14.8 Å². The van der Waals surface area contributed by atoms with Crippen molar-refractivity contribution in [1.29, 1.82) is 0 Å². The van der Waals surface area contributed by atoms with Crippen LogP contribution in [-0.4, -0.2) is 5.52 Å². The summed E-state index contributed by atoms with van der Waals surface area (Å²) in [6.45, 7) is 3.13. The molecule has 0 amide bonds. The van der Waals surface area contributed by atoms with Crippen LogP contribution >= 0.6 is 9.24 Å². The number of carbonyl (C=O) groups is 1. The van der Waals surface area contributed by atoms with E-state index in [9.17, 15) is 4.79 Å². The molecule has 2 radical (unpaired) electrons. The van der Waals surface area contributed by atoms with Gasteiger partial charge in [0.1, 0.15) is 0 Å². The number of rotatable bonds is 1. The van der Waals surface area contributed by atoms with Gasteiger partial charge in [-0.25, -0.2) is 0 Å². The first-order valence-corrected chi connectivity index (χ1v) is 1.57. The van der Waals surface area contributed by atoms with Crippen LogP contribution in [0.4, 0.5) is 0 Å². The Morgan fingerprint density at radius 2 is 2.00 bits per heavy atom. The molecule has 0 N–H and O–H groups in total. The predicted molar refractivity (Wildman–Crippen MR) is 22.1 cm³/mol. The molecule has 0 rings (SSSR count). The first-order valence-electron chi connectivity index (χ1n) is 1.12. The average molecular weight is 145 g/mol. The Bertz CT molecular complexity index is 61.8. The maximum absolute atomic E-state index is 9.56. The molecule has 0 unspecified atom stereocenters. The number of hydrogen-bond donors (Lipinski definition) is 0. The zero-order valence-electron chi connectivity index (χ0n) is 2.96. The van der Waals surface area contributed by atoms with Crippen LogP contribution in [0.2, 0.25) is 0 Å². The van der Waals surface area contributed by atoms with E-state index >= 15 is 0 Å². The molecule has 0 saturated carbocycles. The van der Waals surface area contributed by atoms with Gasteiger partial charge in [0.25, 0.3) is 0 Å². The Labute approximate surface area is 49.3 Å². The van der Waals surface area contributed by atoms with Crippen molar-refractivity contribution in [1.82, 2.24) is 0 Å². The first-order chi connectivity index (χ1) is 2.27. The molecule has 0 spiro atoms. The predicted octanol–water partition coefficient (Wildman–Crippen LogP) is 1.11. The van der Waals surface area contributed by atoms with Crippen molar-refractivity contribution in [2.75, 3.05) is 0 Å². The summed E-state index contributed by atoms with van der Waals surface area (Å²) in [5, 5.41) is 0. The van der Waals surface area contributed by atoms with Crippen molar-refractivity contribution in [3.63, 3.8) is 0 Å². The molecule has 0 aromatic rings. The molecule has 0 saturated heterocycles. The molecule has 3 heteroatoms. The Hall–Kier alpha value is 0.334. The molecule has 0 aromatic heterocycles. The summed E-state index contributed by atoms with van der Waals surface area (Å²) in [4.78, 5) is 9.56. The van der Waals surface area contributed by atoms with E-state index in [4.69, 9.17) is 0 Å². The largest absolute Gasteiger partial charge is 0.289 e. The van der Waals surface area contributed by atoms with Gasteiger partial charge in [0.15, 0.2) is 5.52 Å². The smallest absolute Gasteiger partial charge is 0.186 e. The van der Waals surface area contributed by atoms with Crippen molar-refractivity contribution in [3.05, 3.63) is 12.7 Å². The fourth-order valence-electron chi connectivity index (χ4n) is 0. The molecule has 0 heterocycles. The van der Waals surface area contributed by atoms with E-state index in [-0.39, 0.29) is 22.0 Å². The van der Waals surface area contributed by atoms with E-state index in [1.165, 1.54) is 0 Å². The third-order valence-corrected chi connectivity index (χ3v) is 0.357. The van der Waals surface area contributed by atoms with Gasteiger partial charge in [0, 0.05) is 25.7 Å². The van der Waals surface area contributed by atoms with Crippen LogP contribution in [0.1, 0.15) is 0 Å². The minimum absolute atomic E-state index is 0. The average Bonchev–Trinajstić information content (AvgIpc) is 1.38. The van der Waals surface area contributed by atoms with Gasteiger partial charge in [-0.3, -0.25) is 4.79 Å². The molecule has 0 atom stereocenters. The van der Waals surface area contributed by atoms with Crippen molar-refractivity contribution in [2.45, 2.75) is 0 Å². The van der Waals surface area contributed by atoms with Crippen LogP contribution in [0.25, 0.3) is 0 Å². The third-order valence-electron chi connectivity index (χ3n) is 0.175. The maximum Gasteiger partial charge on any atom is 0.186 e. The summed E-state index contributed by atoms with van der Waals surface area (Å²) >= 11 is 0. The topological polar surface area (TPSA) is 17.1 Å². The van der Waals surface area contributed by atoms with Gasteiger partial charge in [0.2, 0.25) is 0 Å². The summed E-state index contributed by atoms with van der Waals surface area (Å²) in [6, 6.07) is 0. The number of carbonyl (C=O) groups excluding carboxylic acids is 1. The molecule has 0 aliphatic heterocycles. The van der Waals surface area contributed by atoms with Gasteiger partial charge >= 0.3 is 0 Å². The third kappa shape index (κ3) is 8.84. The standard InChI is InChI=1S/C3H3OP.Ni/c1-2-3(4)5;/h2H,1H2;. The SMILES string of the molecule is C=CC(=O)[P].[Ni]. The molecule has 6 heavy (non-hydrogen) atoms. The second kappa shape index (κ2) is 5.33. The van der Waals surface area contributed by atoms with E-state index in [0.29, 0.717) is 0 Å². The Balaban J connectivity index is 0. The van der Waals surface area contributed by atoms with Gasteiger partial charge in [0.05, 0.1) is 0 Å². The number of allylic oxidation sites excluding steroid dienone is 1. The second-order valence-electron chi connectivity index (χ2n) is 0.542. The monoisotopic (exact) mass is 144 g/mol. The van der Waals surface area contributed by atoms with Gasteiger partial charge in [-0.15, -0.1) is 0 Å². The Morgan fingerprint density at radius 3 is 2.00 bits per heavy atom.